The van der Waals surface area contributed by atoms with Gasteiger partial charge < -0.3 is 19.4 Å². The van der Waals surface area contributed by atoms with Gasteiger partial charge in [0.05, 0.1) is 18.5 Å². The van der Waals surface area contributed by atoms with Crippen molar-refractivity contribution in [2.45, 2.75) is 19.9 Å². The highest BCUT2D eigenvalue weighted by atomic mass is 32.1. The smallest absolute Gasteiger partial charge is 0.341 e. The van der Waals surface area contributed by atoms with Crippen molar-refractivity contribution in [2.24, 2.45) is 0 Å². The van der Waals surface area contributed by atoms with E-state index in [1.165, 1.54) is 23.3 Å². The Balaban J connectivity index is 1.82. The fraction of sp³-hybridized carbons (Fsp3) is 0.353. The number of hydrogen-bond donors (Lipinski definition) is 1. The normalized spacial score (nSPS) is 10.4. The Morgan fingerprint density at radius 1 is 1.36 bits per heavy atom. The molecule has 0 unspecified atom stereocenters. The quantitative estimate of drug-likeness (QED) is 0.761. The third-order valence-electron chi connectivity index (χ3n) is 3.56. The minimum atomic E-state index is -0.474. The minimum absolute atomic E-state index is 0.139. The molecule has 2 aromatic rings. The van der Waals surface area contributed by atoms with E-state index in [1.54, 1.807) is 32.2 Å². The fourth-order valence-electron chi connectivity index (χ4n) is 2.22. The third-order valence-corrected chi connectivity index (χ3v) is 4.43. The van der Waals surface area contributed by atoms with E-state index in [0.29, 0.717) is 22.0 Å². The number of ether oxygens (including phenoxy) is 1. The molecule has 0 fully saturated rings. The molecular weight excluding hydrogens is 344 g/mol. The van der Waals surface area contributed by atoms with Gasteiger partial charge in [-0.2, -0.15) is 0 Å². The molecule has 2 aromatic heterocycles. The van der Waals surface area contributed by atoms with E-state index in [2.05, 4.69) is 10.1 Å². The van der Waals surface area contributed by atoms with Crippen LogP contribution in [-0.4, -0.2) is 43.4 Å². The van der Waals surface area contributed by atoms with Crippen molar-refractivity contribution in [3.63, 3.8) is 0 Å². The summed E-state index contributed by atoms with van der Waals surface area (Å²) in [6.07, 6.45) is 0.178. The summed E-state index contributed by atoms with van der Waals surface area (Å²) >= 11 is 1.35. The number of hydrogen-bond acceptors (Lipinski definition) is 6. The van der Waals surface area contributed by atoms with Crippen LogP contribution in [0.25, 0.3) is 0 Å². The molecular formula is C17H20N2O5S. The number of nitrogens with one attached hydrogen (secondary N) is 1. The zero-order valence-corrected chi connectivity index (χ0v) is 15.1. The Morgan fingerprint density at radius 3 is 2.76 bits per heavy atom. The number of aryl methyl sites for hydroxylation is 1. The first-order valence-corrected chi connectivity index (χ1v) is 8.53. The van der Waals surface area contributed by atoms with Crippen LogP contribution < -0.4 is 5.32 Å². The van der Waals surface area contributed by atoms with Gasteiger partial charge in [0.15, 0.2) is 0 Å². The lowest BCUT2D eigenvalue weighted by molar-refractivity contribution is -0.130. The largest absolute Gasteiger partial charge is 0.465 e. The number of amides is 2. The summed E-state index contributed by atoms with van der Waals surface area (Å²) in [5, 5.41) is 4.53. The Morgan fingerprint density at radius 2 is 2.12 bits per heavy atom. The molecule has 1 N–H and O–H groups in total. The van der Waals surface area contributed by atoms with Crippen molar-refractivity contribution in [2.75, 3.05) is 20.7 Å². The summed E-state index contributed by atoms with van der Waals surface area (Å²) < 4.78 is 10.2. The molecule has 2 heterocycles. The second-order valence-electron chi connectivity index (χ2n) is 5.41. The maximum Gasteiger partial charge on any atom is 0.341 e. The van der Waals surface area contributed by atoms with Crippen molar-refractivity contribution in [1.29, 1.82) is 0 Å². The van der Waals surface area contributed by atoms with Crippen molar-refractivity contribution in [3.05, 3.63) is 45.5 Å². The second-order valence-corrected chi connectivity index (χ2v) is 6.35. The van der Waals surface area contributed by atoms with Gasteiger partial charge in [0.1, 0.15) is 17.1 Å². The Labute approximate surface area is 149 Å². The minimum Gasteiger partial charge on any atom is -0.465 e. The predicted octanol–water partition coefficient (Wildman–Crippen LogP) is 2.21. The molecule has 0 bridgehead atoms. The highest BCUT2D eigenvalue weighted by Gasteiger charge is 2.18. The van der Waals surface area contributed by atoms with E-state index in [1.807, 2.05) is 5.38 Å². The lowest BCUT2D eigenvalue weighted by Crippen LogP contribution is -2.31. The van der Waals surface area contributed by atoms with Crippen LogP contribution in [0.3, 0.4) is 0 Å². The number of carbonyl (C=O) groups is 3. The molecule has 0 aliphatic heterocycles. The molecule has 0 aliphatic rings. The second kappa shape index (κ2) is 8.48. The summed E-state index contributed by atoms with van der Waals surface area (Å²) in [5.74, 6) is 0.148. The van der Waals surface area contributed by atoms with Crippen molar-refractivity contribution < 1.29 is 23.5 Å². The highest BCUT2D eigenvalue weighted by molar-refractivity contribution is 7.12. The van der Waals surface area contributed by atoms with Gasteiger partial charge in [0.2, 0.25) is 5.91 Å². The van der Waals surface area contributed by atoms with Crippen LogP contribution in [0.5, 0.6) is 0 Å². The fourth-order valence-corrected chi connectivity index (χ4v) is 2.86. The Bertz CT molecular complexity index is 751. The van der Waals surface area contributed by atoms with E-state index in [4.69, 9.17) is 4.42 Å². The molecule has 0 aromatic carbocycles. The average molecular weight is 364 g/mol. The van der Waals surface area contributed by atoms with Gasteiger partial charge >= 0.3 is 5.97 Å². The average Bonchev–Trinajstić information content (AvgIpc) is 3.23. The van der Waals surface area contributed by atoms with Gasteiger partial charge in [-0.3, -0.25) is 9.59 Å². The topological polar surface area (TPSA) is 88.9 Å². The van der Waals surface area contributed by atoms with Crippen LogP contribution in [-0.2, 0) is 16.1 Å². The van der Waals surface area contributed by atoms with Crippen LogP contribution in [0.15, 0.2) is 28.0 Å². The number of furan rings is 1. The van der Waals surface area contributed by atoms with Gasteiger partial charge in [-0.1, -0.05) is 6.07 Å². The number of methoxy groups -OCH3 is 1. The molecule has 0 saturated heterocycles. The molecule has 7 nitrogen and oxygen atoms in total. The van der Waals surface area contributed by atoms with Crippen LogP contribution >= 0.6 is 11.3 Å². The van der Waals surface area contributed by atoms with E-state index in [9.17, 15) is 14.4 Å². The van der Waals surface area contributed by atoms with Gasteiger partial charge in [0, 0.05) is 20.0 Å². The van der Waals surface area contributed by atoms with E-state index in [-0.39, 0.29) is 31.3 Å². The Kier molecular flexibility index (Phi) is 6.35. The van der Waals surface area contributed by atoms with Gasteiger partial charge in [0.25, 0.3) is 5.91 Å². The van der Waals surface area contributed by atoms with Crippen LogP contribution in [0.4, 0.5) is 0 Å². The van der Waals surface area contributed by atoms with Crippen LogP contribution in [0.1, 0.15) is 38.0 Å². The zero-order valence-electron chi connectivity index (χ0n) is 14.3. The number of thiophene rings is 1. The lowest BCUT2D eigenvalue weighted by Gasteiger charge is -2.15. The van der Waals surface area contributed by atoms with Gasteiger partial charge in [-0.05, 0) is 24.4 Å². The standard InChI is InChI=1S/C17H20N2O5S/c1-11-13(17(22)23-3)9-12(24-11)10-19(2)15(20)6-7-18-16(21)14-5-4-8-25-14/h4-5,8-9H,6-7,10H2,1-3H3,(H,18,21). The molecule has 2 rings (SSSR count). The van der Waals surface area contributed by atoms with Crippen LogP contribution in [0.2, 0.25) is 0 Å². The summed E-state index contributed by atoms with van der Waals surface area (Å²) in [4.78, 5) is 37.6. The Hall–Kier alpha value is -2.61. The molecule has 0 saturated carbocycles. The lowest BCUT2D eigenvalue weighted by atomic mass is 10.2. The molecule has 8 heteroatoms. The van der Waals surface area contributed by atoms with Crippen LogP contribution in [0, 0.1) is 6.92 Å². The molecule has 0 aliphatic carbocycles. The van der Waals surface area contributed by atoms with Crippen molar-refractivity contribution >= 4 is 29.1 Å². The number of nitrogens with zero attached hydrogens (tertiary/aromatic N) is 1. The number of carbonyl (C=O) groups excluding carboxylic acids is 3. The highest BCUT2D eigenvalue weighted by Crippen LogP contribution is 2.17. The van der Waals surface area contributed by atoms with Gasteiger partial charge in [-0.15, -0.1) is 11.3 Å². The molecule has 0 atom stereocenters. The maximum atomic E-state index is 12.1. The van der Waals surface area contributed by atoms with E-state index in [0.717, 1.165) is 0 Å². The first kappa shape index (κ1) is 18.7. The SMILES string of the molecule is COC(=O)c1cc(CN(C)C(=O)CCNC(=O)c2cccs2)oc1C. The monoisotopic (exact) mass is 364 g/mol. The zero-order chi connectivity index (χ0) is 18.4. The first-order valence-electron chi connectivity index (χ1n) is 7.65. The number of rotatable bonds is 7. The van der Waals surface area contributed by atoms with E-state index >= 15 is 0 Å². The van der Waals surface area contributed by atoms with Crippen molar-refractivity contribution in [1.82, 2.24) is 10.2 Å². The molecule has 0 spiro atoms. The van der Waals surface area contributed by atoms with Gasteiger partial charge in [-0.25, -0.2) is 4.79 Å². The first-order chi connectivity index (χ1) is 11.9. The van der Waals surface area contributed by atoms with Crippen molar-refractivity contribution in [3.8, 4) is 0 Å². The molecule has 0 radical (unpaired) electrons. The summed E-state index contributed by atoms with van der Waals surface area (Å²) in [5.41, 5.74) is 0.349. The maximum absolute atomic E-state index is 12.1. The summed E-state index contributed by atoms with van der Waals surface area (Å²) in [7, 11) is 2.94. The molecule has 25 heavy (non-hydrogen) atoms. The van der Waals surface area contributed by atoms with E-state index < -0.39 is 5.97 Å². The number of esters is 1. The molecule has 134 valence electrons. The summed E-state index contributed by atoms with van der Waals surface area (Å²) in [6.45, 7) is 2.15. The predicted molar refractivity (Wildman–Crippen MR) is 92.5 cm³/mol. The molecule has 2 amide bonds. The summed E-state index contributed by atoms with van der Waals surface area (Å²) in [6, 6.07) is 5.10. The third kappa shape index (κ3) is 4.93.